The van der Waals surface area contributed by atoms with Crippen LogP contribution in [0.5, 0.6) is 11.5 Å². The van der Waals surface area contributed by atoms with Gasteiger partial charge in [-0.05, 0) is 36.4 Å². The van der Waals surface area contributed by atoms with E-state index in [1.54, 1.807) is 24.3 Å². The molecule has 0 bridgehead atoms. The molecule has 34 heavy (non-hydrogen) atoms. The summed E-state index contributed by atoms with van der Waals surface area (Å²) in [5.41, 5.74) is 0.226. The molecule has 1 atom stereocenters. The van der Waals surface area contributed by atoms with E-state index in [-0.39, 0.29) is 23.7 Å². The Morgan fingerprint density at radius 2 is 1.74 bits per heavy atom. The first-order valence-corrected chi connectivity index (χ1v) is 11.0. The van der Waals surface area contributed by atoms with E-state index in [4.69, 9.17) is 9.47 Å². The lowest BCUT2D eigenvalue weighted by molar-refractivity contribution is -0.123. The zero-order valence-electron chi connectivity index (χ0n) is 18.2. The molecule has 3 heterocycles. The van der Waals surface area contributed by atoms with Crippen LogP contribution >= 0.6 is 0 Å². The number of hydrogen-bond donors (Lipinski definition) is 3. The third kappa shape index (κ3) is 4.62. The molecule has 2 aliphatic heterocycles. The van der Waals surface area contributed by atoms with Crippen molar-refractivity contribution >= 4 is 29.3 Å². The van der Waals surface area contributed by atoms with Crippen molar-refractivity contribution < 1.29 is 19.1 Å². The molecule has 1 fully saturated rings. The molecule has 5 rings (SSSR count). The van der Waals surface area contributed by atoms with Gasteiger partial charge in [0, 0.05) is 25.2 Å². The minimum Gasteiger partial charge on any atom is -0.457 e. The Morgan fingerprint density at radius 1 is 1.03 bits per heavy atom. The number of ether oxygens (including phenoxy) is 2. The van der Waals surface area contributed by atoms with Gasteiger partial charge in [0.2, 0.25) is 17.8 Å². The maximum Gasteiger partial charge on any atom is 0.258 e. The number of H-pyrrole nitrogens is 1. The van der Waals surface area contributed by atoms with Crippen LogP contribution in [-0.4, -0.2) is 48.1 Å². The van der Waals surface area contributed by atoms with E-state index < -0.39 is 17.4 Å². The number of aromatic amines is 1. The Bertz CT molecular complexity index is 1250. The number of nitrogens with zero attached hydrogens (tertiary/aromatic N) is 2. The molecular formula is C24H23N5O5. The van der Waals surface area contributed by atoms with Crippen molar-refractivity contribution in [3.63, 3.8) is 0 Å². The van der Waals surface area contributed by atoms with Crippen LogP contribution in [0, 0.1) is 0 Å². The predicted octanol–water partition coefficient (Wildman–Crippen LogP) is 2.46. The molecule has 10 heteroatoms. The number of carbonyl (C=O) groups excluding carboxylic acids is 2. The molecule has 0 saturated carbocycles. The average Bonchev–Trinajstić information content (AvgIpc) is 2.85. The molecule has 1 aromatic heterocycles. The van der Waals surface area contributed by atoms with Crippen LogP contribution < -0.4 is 25.8 Å². The number of hydrogen-bond acceptors (Lipinski definition) is 7. The zero-order chi connectivity index (χ0) is 23.5. The average molecular weight is 461 g/mol. The van der Waals surface area contributed by atoms with Crippen LogP contribution in [0.15, 0.2) is 59.4 Å². The lowest BCUT2D eigenvalue weighted by Crippen LogP contribution is -2.41. The quantitative estimate of drug-likeness (QED) is 0.533. The molecule has 3 N–H and O–H groups in total. The van der Waals surface area contributed by atoms with Crippen LogP contribution in [-0.2, 0) is 14.3 Å². The summed E-state index contributed by atoms with van der Waals surface area (Å²) < 4.78 is 11.1. The van der Waals surface area contributed by atoms with Crippen molar-refractivity contribution in [3.8, 4) is 11.5 Å². The number of para-hydroxylation sites is 1. The maximum atomic E-state index is 13.1. The summed E-state index contributed by atoms with van der Waals surface area (Å²) in [6.07, 6.45) is -0.143. The SMILES string of the molecule is O=C1C[C@@H](C(=O)Nc2ccc(Oc3ccccc3)cc2)c2c(nc(N3CCOCC3)[nH]c2=O)N1. The molecule has 2 amide bonds. The highest BCUT2D eigenvalue weighted by Gasteiger charge is 2.35. The number of benzene rings is 2. The maximum absolute atomic E-state index is 13.1. The number of amides is 2. The molecule has 3 aromatic rings. The number of aromatic nitrogens is 2. The Hall–Kier alpha value is -4.18. The first-order chi connectivity index (χ1) is 16.6. The van der Waals surface area contributed by atoms with Crippen molar-refractivity contribution in [1.82, 2.24) is 9.97 Å². The fraction of sp³-hybridized carbons (Fsp3) is 0.250. The summed E-state index contributed by atoms with van der Waals surface area (Å²) in [6.45, 7) is 2.19. The highest BCUT2D eigenvalue weighted by atomic mass is 16.5. The molecule has 2 aliphatic rings. The lowest BCUT2D eigenvalue weighted by Gasteiger charge is -2.29. The van der Waals surface area contributed by atoms with Gasteiger partial charge in [-0.3, -0.25) is 19.4 Å². The second-order valence-corrected chi connectivity index (χ2v) is 7.98. The molecule has 174 valence electrons. The van der Waals surface area contributed by atoms with Gasteiger partial charge in [-0.2, -0.15) is 4.98 Å². The van der Waals surface area contributed by atoms with Crippen molar-refractivity contribution in [3.05, 3.63) is 70.5 Å². The number of rotatable bonds is 5. The summed E-state index contributed by atoms with van der Waals surface area (Å²) in [5, 5.41) is 5.42. The van der Waals surface area contributed by atoms with Crippen LogP contribution in [0.1, 0.15) is 17.9 Å². The number of fused-ring (bicyclic) bond motifs is 1. The third-order valence-corrected chi connectivity index (χ3v) is 5.67. The highest BCUT2D eigenvalue weighted by Crippen LogP contribution is 2.31. The van der Waals surface area contributed by atoms with Crippen LogP contribution in [0.25, 0.3) is 0 Å². The summed E-state index contributed by atoms with van der Waals surface area (Å²) in [7, 11) is 0. The van der Waals surface area contributed by atoms with Crippen LogP contribution in [0.2, 0.25) is 0 Å². The van der Waals surface area contributed by atoms with E-state index in [1.165, 1.54) is 0 Å². The summed E-state index contributed by atoms with van der Waals surface area (Å²) in [6, 6.07) is 16.2. The molecule has 0 unspecified atom stereocenters. The molecule has 0 radical (unpaired) electrons. The standard InChI is InChI=1S/C24H23N5O5/c30-19-14-18(20-21(26-19)27-24(28-23(20)32)29-10-12-33-13-11-29)22(31)25-15-6-8-17(9-7-15)34-16-4-2-1-3-5-16/h1-9,18H,10-14H2,(H,25,31)(H2,26,27,28,30,32)/t18-/m1/s1. The Balaban J connectivity index is 1.33. The van der Waals surface area contributed by atoms with Gasteiger partial charge in [0.05, 0.1) is 24.7 Å². The van der Waals surface area contributed by atoms with E-state index in [9.17, 15) is 14.4 Å². The molecule has 0 spiro atoms. The summed E-state index contributed by atoms with van der Waals surface area (Å²) >= 11 is 0. The van der Waals surface area contributed by atoms with Crippen molar-refractivity contribution in [2.45, 2.75) is 12.3 Å². The van der Waals surface area contributed by atoms with E-state index in [1.807, 2.05) is 35.2 Å². The van der Waals surface area contributed by atoms with Crippen molar-refractivity contribution in [1.29, 1.82) is 0 Å². The van der Waals surface area contributed by atoms with Crippen LogP contribution in [0.3, 0.4) is 0 Å². The topological polar surface area (TPSA) is 126 Å². The predicted molar refractivity (Wildman–Crippen MR) is 125 cm³/mol. The molecular weight excluding hydrogens is 438 g/mol. The first-order valence-electron chi connectivity index (χ1n) is 11.0. The first kappa shape index (κ1) is 21.7. The third-order valence-electron chi connectivity index (χ3n) is 5.67. The Labute approximate surface area is 194 Å². The van der Waals surface area contributed by atoms with Crippen molar-refractivity contribution in [2.24, 2.45) is 0 Å². The van der Waals surface area contributed by atoms with E-state index in [2.05, 4.69) is 20.6 Å². The minimum absolute atomic E-state index is 0.119. The number of morpholine rings is 1. The van der Waals surface area contributed by atoms with Crippen molar-refractivity contribution in [2.75, 3.05) is 41.8 Å². The van der Waals surface area contributed by atoms with Gasteiger partial charge in [-0.15, -0.1) is 0 Å². The van der Waals surface area contributed by atoms with E-state index >= 15 is 0 Å². The lowest BCUT2D eigenvalue weighted by atomic mass is 9.92. The van der Waals surface area contributed by atoms with Gasteiger partial charge in [-0.1, -0.05) is 18.2 Å². The van der Waals surface area contributed by atoms with Gasteiger partial charge in [0.15, 0.2) is 0 Å². The van der Waals surface area contributed by atoms with Gasteiger partial charge in [0.1, 0.15) is 17.3 Å². The highest BCUT2D eigenvalue weighted by molar-refractivity contribution is 6.04. The number of carbonyl (C=O) groups is 2. The normalized spacial score (nSPS) is 17.5. The minimum atomic E-state index is -0.959. The van der Waals surface area contributed by atoms with Gasteiger partial charge < -0.3 is 25.0 Å². The fourth-order valence-electron chi connectivity index (χ4n) is 3.97. The molecule has 0 aliphatic carbocycles. The fourth-order valence-corrected chi connectivity index (χ4v) is 3.97. The van der Waals surface area contributed by atoms with Gasteiger partial charge in [-0.25, -0.2) is 0 Å². The smallest absolute Gasteiger partial charge is 0.258 e. The van der Waals surface area contributed by atoms with E-state index in [0.29, 0.717) is 49.4 Å². The Morgan fingerprint density at radius 3 is 2.47 bits per heavy atom. The number of anilines is 3. The molecule has 10 nitrogen and oxygen atoms in total. The second-order valence-electron chi connectivity index (χ2n) is 7.98. The van der Waals surface area contributed by atoms with Gasteiger partial charge >= 0.3 is 0 Å². The summed E-state index contributed by atoms with van der Waals surface area (Å²) in [4.78, 5) is 47.4. The van der Waals surface area contributed by atoms with Gasteiger partial charge in [0.25, 0.3) is 5.56 Å². The summed E-state index contributed by atoms with van der Waals surface area (Å²) in [5.74, 6) is -0.00524. The Kier molecular flexibility index (Phi) is 5.96. The second kappa shape index (κ2) is 9.36. The zero-order valence-corrected chi connectivity index (χ0v) is 18.2. The number of nitrogens with one attached hydrogen (secondary N) is 3. The van der Waals surface area contributed by atoms with Crippen LogP contribution in [0.4, 0.5) is 17.5 Å². The van der Waals surface area contributed by atoms with E-state index in [0.717, 1.165) is 0 Å². The monoisotopic (exact) mass is 461 g/mol. The molecule has 2 aromatic carbocycles. The molecule has 1 saturated heterocycles. The largest absolute Gasteiger partial charge is 0.457 e.